The maximum atomic E-state index is 8.89. The molecule has 10 heavy (non-hydrogen) atoms. The van der Waals surface area contributed by atoms with Crippen molar-refractivity contribution in [2.75, 3.05) is 0 Å². The summed E-state index contributed by atoms with van der Waals surface area (Å²) in [5.41, 5.74) is 0.317. The van der Waals surface area contributed by atoms with Crippen LogP contribution in [0.5, 0.6) is 5.75 Å². The van der Waals surface area contributed by atoms with Gasteiger partial charge in [-0.25, -0.2) is 0 Å². The molecule has 1 aromatic carbocycles. The highest BCUT2D eigenvalue weighted by atomic mass is 16.3. The van der Waals surface area contributed by atoms with Crippen molar-refractivity contribution < 1.29 is 10.6 Å². The minimum atomic E-state index is 0. The molecule has 0 aromatic heterocycles. The molecule has 1 rings (SSSR count). The van der Waals surface area contributed by atoms with Gasteiger partial charge in [0.25, 0.3) is 0 Å². The van der Waals surface area contributed by atoms with Gasteiger partial charge in [0.1, 0.15) is 11.8 Å². The Morgan fingerprint density at radius 1 is 1.30 bits per heavy atom. The van der Waals surface area contributed by atoms with E-state index in [1.807, 2.05) is 6.07 Å². The largest absolute Gasteiger partial charge is 0.507 e. The molecule has 3 N–H and O–H groups in total. The van der Waals surface area contributed by atoms with Crippen LogP contribution in [-0.4, -0.2) is 10.6 Å². The second-order valence-corrected chi connectivity index (χ2v) is 1.63. The lowest BCUT2D eigenvalue weighted by atomic mass is 10.2. The van der Waals surface area contributed by atoms with Gasteiger partial charge in [-0.3, -0.25) is 0 Å². The number of aromatic hydroxyl groups is 1. The third-order valence-corrected chi connectivity index (χ3v) is 1.02. The van der Waals surface area contributed by atoms with Gasteiger partial charge in [0.2, 0.25) is 0 Å². The number of phenolic OH excluding ortho intramolecular Hbond substituents is 1. The molecule has 0 unspecified atom stereocenters. The van der Waals surface area contributed by atoms with Gasteiger partial charge in [-0.05, 0) is 12.1 Å². The summed E-state index contributed by atoms with van der Waals surface area (Å²) in [5.74, 6) is 0.0417. The maximum absolute atomic E-state index is 8.89. The van der Waals surface area contributed by atoms with Crippen molar-refractivity contribution in [2.24, 2.45) is 0 Å². The van der Waals surface area contributed by atoms with Gasteiger partial charge in [0.05, 0.1) is 5.56 Å². The first-order valence-corrected chi connectivity index (χ1v) is 2.52. The van der Waals surface area contributed by atoms with Gasteiger partial charge in [0.15, 0.2) is 0 Å². The van der Waals surface area contributed by atoms with Crippen LogP contribution < -0.4 is 0 Å². The second-order valence-electron chi connectivity index (χ2n) is 1.63. The molecule has 0 aliphatic heterocycles. The zero-order valence-electron chi connectivity index (χ0n) is 5.20. The van der Waals surface area contributed by atoms with Crippen LogP contribution in [0.25, 0.3) is 0 Å². The molecule has 0 saturated carbocycles. The summed E-state index contributed by atoms with van der Waals surface area (Å²) in [6.07, 6.45) is 0. The first kappa shape index (κ1) is 8.47. The number of rotatable bonds is 0. The first-order chi connectivity index (χ1) is 4.34. The van der Waals surface area contributed by atoms with Crippen LogP contribution >= 0.6 is 0 Å². The van der Waals surface area contributed by atoms with Crippen molar-refractivity contribution >= 4 is 0 Å². The van der Waals surface area contributed by atoms with Gasteiger partial charge in [-0.1, -0.05) is 12.1 Å². The predicted molar refractivity (Wildman–Crippen MR) is 36.4 cm³/mol. The summed E-state index contributed by atoms with van der Waals surface area (Å²) in [4.78, 5) is 0. The van der Waals surface area contributed by atoms with Crippen LogP contribution in [0.2, 0.25) is 0 Å². The Balaban J connectivity index is 0.000000810. The number of nitrogens with zero attached hydrogens (tertiary/aromatic N) is 1. The van der Waals surface area contributed by atoms with Gasteiger partial charge < -0.3 is 10.6 Å². The highest BCUT2D eigenvalue weighted by molar-refractivity contribution is 5.41. The molecule has 0 fully saturated rings. The zero-order valence-corrected chi connectivity index (χ0v) is 5.20. The Hall–Kier alpha value is -1.53. The Bertz CT molecular complexity index is 252. The van der Waals surface area contributed by atoms with Gasteiger partial charge in [-0.15, -0.1) is 0 Å². The Morgan fingerprint density at radius 2 is 1.90 bits per heavy atom. The van der Waals surface area contributed by atoms with E-state index >= 15 is 0 Å². The third-order valence-electron chi connectivity index (χ3n) is 1.02. The minimum Gasteiger partial charge on any atom is -0.507 e. The summed E-state index contributed by atoms with van der Waals surface area (Å²) in [7, 11) is 0. The Morgan fingerprint density at radius 3 is 2.30 bits per heavy atom. The van der Waals surface area contributed by atoms with E-state index in [0.29, 0.717) is 5.56 Å². The van der Waals surface area contributed by atoms with Crippen molar-refractivity contribution in [3.63, 3.8) is 0 Å². The van der Waals surface area contributed by atoms with Crippen molar-refractivity contribution in [2.45, 2.75) is 0 Å². The van der Waals surface area contributed by atoms with Crippen molar-refractivity contribution in [3.8, 4) is 11.8 Å². The number of hydrogen-bond acceptors (Lipinski definition) is 2. The van der Waals surface area contributed by atoms with E-state index in [4.69, 9.17) is 10.4 Å². The number of benzene rings is 1. The molecule has 0 heterocycles. The van der Waals surface area contributed by atoms with E-state index in [1.54, 1.807) is 18.2 Å². The third kappa shape index (κ3) is 1.47. The van der Waals surface area contributed by atoms with Gasteiger partial charge in [0, 0.05) is 0 Å². The van der Waals surface area contributed by atoms with Gasteiger partial charge >= 0.3 is 0 Å². The molecular formula is C7H7NO2. The summed E-state index contributed by atoms with van der Waals surface area (Å²) >= 11 is 0. The molecule has 3 nitrogen and oxygen atoms in total. The van der Waals surface area contributed by atoms with Crippen LogP contribution in [0.15, 0.2) is 24.3 Å². The second kappa shape index (κ2) is 3.49. The van der Waals surface area contributed by atoms with Crippen molar-refractivity contribution in [1.29, 1.82) is 5.26 Å². The van der Waals surface area contributed by atoms with Crippen LogP contribution in [0.4, 0.5) is 0 Å². The molecule has 0 saturated heterocycles. The van der Waals surface area contributed by atoms with Crippen LogP contribution in [0.1, 0.15) is 5.56 Å². The fraction of sp³-hybridized carbons (Fsp3) is 0. The van der Waals surface area contributed by atoms with Gasteiger partial charge in [-0.2, -0.15) is 5.26 Å². The molecule has 3 heteroatoms. The maximum Gasteiger partial charge on any atom is 0.133 e. The van der Waals surface area contributed by atoms with E-state index in [9.17, 15) is 0 Å². The Labute approximate surface area is 58.5 Å². The summed E-state index contributed by atoms with van der Waals surface area (Å²) in [6.45, 7) is 0. The SMILES string of the molecule is N#Cc1ccccc1O.O. The number of nitriles is 1. The zero-order chi connectivity index (χ0) is 6.69. The molecule has 0 aliphatic carbocycles. The molecule has 0 spiro atoms. The summed E-state index contributed by atoms with van der Waals surface area (Å²) in [6, 6.07) is 8.28. The lowest BCUT2D eigenvalue weighted by Gasteiger charge is -1.89. The van der Waals surface area contributed by atoms with E-state index in [0.717, 1.165) is 0 Å². The summed E-state index contributed by atoms with van der Waals surface area (Å²) < 4.78 is 0. The molecule has 0 radical (unpaired) electrons. The quantitative estimate of drug-likeness (QED) is 0.563. The van der Waals surface area contributed by atoms with Crippen LogP contribution in [0, 0.1) is 11.3 Å². The van der Waals surface area contributed by atoms with E-state index in [-0.39, 0.29) is 11.2 Å². The summed E-state index contributed by atoms with van der Waals surface area (Å²) in [5, 5.41) is 17.2. The molecule has 0 bridgehead atoms. The number of para-hydroxylation sites is 1. The molecule has 0 atom stereocenters. The average molecular weight is 137 g/mol. The highest BCUT2D eigenvalue weighted by Gasteiger charge is 1.93. The normalized spacial score (nSPS) is 7.50. The number of phenols is 1. The molecule has 1 aromatic rings. The lowest BCUT2D eigenvalue weighted by molar-refractivity contribution is 0.473. The Kier molecular flexibility index (Phi) is 2.95. The lowest BCUT2D eigenvalue weighted by Crippen LogP contribution is -1.71. The van der Waals surface area contributed by atoms with E-state index in [1.165, 1.54) is 6.07 Å². The average Bonchev–Trinajstić information content (AvgIpc) is 1.89. The van der Waals surface area contributed by atoms with E-state index < -0.39 is 0 Å². The van der Waals surface area contributed by atoms with E-state index in [2.05, 4.69) is 0 Å². The monoisotopic (exact) mass is 137 g/mol. The first-order valence-electron chi connectivity index (χ1n) is 2.52. The van der Waals surface area contributed by atoms with Crippen molar-refractivity contribution in [3.05, 3.63) is 29.8 Å². The molecule has 0 amide bonds. The number of hydrogen-bond donors (Lipinski definition) is 1. The molecule has 52 valence electrons. The van der Waals surface area contributed by atoms with Crippen LogP contribution in [-0.2, 0) is 0 Å². The topological polar surface area (TPSA) is 75.5 Å². The van der Waals surface area contributed by atoms with Crippen LogP contribution in [0.3, 0.4) is 0 Å². The molecule has 0 aliphatic rings. The molecular weight excluding hydrogens is 130 g/mol. The smallest absolute Gasteiger partial charge is 0.133 e. The fourth-order valence-corrected chi connectivity index (χ4v) is 0.568. The predicted octanol–water partition coefficient (Wildman–Crippen LogP) is 0.439. The minimum absolute atomic E-state index is 0. The highest BCUT2D eigenvalue weighted by Crippen LogP contribution is 2.12. The standard InChI is InChI=1S/C7H5NO.H2O/c8-5-6-3-1-2-4-7(6)9;/h1-4,9H;1H2. The fourth-order valence-electron chi connectivity index (χ4n) is 0.568. The van der Waals surface area contributed by atoms with Crippen molar-refractivity contribution in [1.82, 2.24) is 0 Å².